The molecule has 0 bridgehead atoms. The summed E-state index contributed by atoms with van der Waals surface area (Å²) in [4.78, 5) is 21.8. The lowest BCUT2D eigenvalue weighted by Gasteiger charge is -2.28. The summed E-state index contributed by atoms with van der Waals surface area (Å²) in [5.74, 6) is 0.517. The molecule has 25 heavy (non-hydrogen) atoms. The van der Waals surface area contributed by atoms with Gasteiger partial charge in [-0.05, 0) is 30.5 Å². The van der Waals surface area contributed by atoms with E-state index in [4.69, 9.17) is 4.74 Å². The van der Waals surface area contributed by atoms with Crippen LogP contribution in [0.4, 0.5) is 0 Å². The van der Waals surface area contributed by atoms with Gasteiger partial charge in [-0.1, -0.05) is 6.92 Å². The van der Waals surface area contributed by atoms with Crippen molar-refractivity contribution in [2.24, 2.45) is 0 Å². The van der Waals surface area contributed by atoms with Crippen LogP contribution in [0.5, 0.6) is 17.2 Å². The number of fused-ring (bicyclic) bond motifs is 1. The van der Waals surface area contributed by atoms with Crippen LogP contribution in [0.2, 0.25) is 0 Å². The highest BCUT2D eigenvalue weighted by Crippen LogP contribution is 2.36. The van der Waals surface area contributed by atoms with E-state index in [9.17, 15) is 15.0 Å². The van der Waals surface area contributed by atoms with Gasteiger partial charge in [0.15, 0.2) is 11.5 Å². The SMILES string of the molecule is CCCc1nc2c(c(=O)[nH]1)CCN(Cc1cc(O)c(O)c(OC)c1)C2. The lowest BCUT2D eigenvalue weighted by atomic mass is 10.0. The van der Waals surface area contributed by atoms with Crippen molar-refractivity contribution >= 4 is 0 Å². The van der Waals surface area contributed by atoms with E-state index in [0.29, 0.717) is 19.5 Å². The molecule has 0 unspecified atom stereocenters. The minimum absolute atomic E-state index is 0.0305. The van der Waals surface area contributed by atoms with Crippen molar-refractivity contribution in [2.75, 3.05) is 13.7 Å². The van der Waals surface area contributed by atoms with Crippen molar-refractivity contribution in [3.05, 3.63) is 45.1 Å². The number of benzene rings is 1. The predicted molar refractivity (Wildman–Crippen MR) is 93.0 cm³/mol. The molecular weight excluding hydrogens is 322 g/mol. The van der Waals surface area contributed by atoms with Gasteiger partial charge in [-0.15, -0.1) is 0 Å². The maximum absolute atomic E-state index is 12.2. The molecule has 7 nitrogen and oxygen atoms in total. The zero-order valence-electron chi connectivity index (χ0n) is 14.5. The van der Waals surface area contributed by atoms with E-state index in [1.54, 1.807) is 6.07 Å². The Balaban J connectivity index is 1.81. The van der Waals surface area contributed by atoms with Crippen molar-refractivity contribution in [3.63, 3.8) is 0 Å². The molecule has 3 N–H and O–H groups in total. The number of aryl methyl sites for hydroxylation is 1. The van der Waals surface area contributed by atoms with Crippen LogP contribution in [-0.4, -0.2) is 38.7 Å². The summed E-state index contributed by atoms with van der Waals surface area (Å²) in [6.07, 6.45) is 2.33. The van der Waals surface area contributed by atoms with Gasteiger partial charge in [-0.3, -0.25) is 9.69 Å². The molecule has 0 spiro atoms. The fraction of sp³-hybridized carbons (Fsp3) is 0.444. The molecule has 1 aliphatic rings. The number of phenols is 2. The standard InChI is InChI=1S/C18H23N3O4/c1-3-4-16-19-13-10-21(6-5-12(13)18(24)20-16)9-11-7-14(22)17(23)15(8-11)25-2/h7-8,22-23H,3-6,9-10H2,1-2H3,(H,19,20,24). The maximum Gasteiger partial charge on any atom is 0.254 e. The molecule has 0 saturated carbocycles. The van der Waals surface area contributed by atoms with Crippen molar-refractivity contribution in [2.45, 2.75) is 39.3 Å². The molecule has 1 aliphatic heterocycles. The van der Waals surface area contributed by atoms with Gasteiger partial charge in [0.25, 0.3) is 5.56 Å². The molecule has 1 aromatic carbocycles. The third kappa shape index (κ3) is 3.61. The van der Waals surface area contributed by atoms with Crippen molar-refractivity contribution in [1.82, 2.24) is 14.9 Å². The number of aromatic amines is 1. The lowest BCUT2D eigenvalue weighted by Crippen LogP contribution is -2.35. The van der Waals surface area contributed by atoms with E-state index >= 15 is 0 Å². The van der Waals surface area contributed by atoms with Crippen molar-refractivity contribution in [1.29, 1.82) is 0 Å². The molecule has 134 valence electrons. The van der Waals surface area contributed by atoms with Crippen LogP contribution >= 0.6 is 0 Å². The summed E-state index contributed by atoms with van der Waals surface area (Å²) in [5, 5.41) is 19.6. The molecule has 7 heteroatoms. The Labute approximate surface area is 145 Å². The molecule has 0 aliphatic carbocycles. The molecule has 3 rings (SSSR count). The second-order valence-corrected chi connectivity index (χ2v) is 6.31. The monoisotopic (exact) mass is 345 g/mol. The van der Waals surface area contributed by atoms with Crippen LogP contribution in [0, 0.1) is 0 Å². The van der Waals surface area contributed by atoms with Gasteiger partial charge in [0.05, 0.1) is 12.8 Å². The second kappa shape index (κ2) is 7.14. The minimum atomic E-state index is -0.257. The fourth-order valence-electron chi connectivity index (χ4n) is 3.19. The van der Waals surface area contributed by atoms with E-state index in [-0.39, 0.29) is 22.8 Å². The topological polar surface area (TPSA) is 98.7 Å². The molecule has 2 heterocycles. The summed E-state index contributed by atoms with van der Waals surface area (Å²) >= 11 is 0. The maximum atomic E-state index is 12.2. The van der Waals surface area contributed by atoms with Gasteiger partial charge >= 0.3 is 0 Å². The number of nitrogens with one attached hydrogen (secondary N) is 1. The highest BCUT2D eigenvalue weighted by molar-refractivity contribution is 5.51. The van der Waals surface area contributed by atoms with Gasteiger partial charge < -0.3 is 19.9 Å². The smallest absolute Gasteiger partial charge is 0.254 e. The normalized spacial score (nSPS) is 14.3. The molecule has 0 saturated heterocycles. The van der Waals surface area contributed by atoms with E-state index in [1.165, 1.54) is 13.2 Å². The number of nitrogens with zero attached hydrogens (tertiary/aromatic N) is 2. The van der Waals surface area contributed by atoms with E-state index in [1.807, 2.05) is 0 Å². The Morgan fingerprint density at radius 1 is 1.36 bits per heavy atom. The number of hydrogen-bond acceptors (Lipinski definition) is 6. The minimum Gasteiger partial charge on any atom is -0.504 e. The summed E-state index contributed by atoms with van der Waals surface area (Å²) in [6.45, 7) is 3.94. The highest BCUT2D eigenvalue weighted by atomic mass is 16.5. The number of ether oxygens (including phenoxy) is 1. The third-order valence-electron chi connectivity index (χ3n) is 4.43. The van der Waals surface area contributed by atoms with E-state index < -0.39 is 0 Å². The quantitative estimate of drug-likeness (QED) is 0.714. The summed E-state index contributed by atoms with van der Waals surface area (Å²) in [6, 6.07) is 3.24. The Morgan fingerprint density at radius 3 is 2.88 bits per heavy atom. The van der Waals surface area contributed by atoms with Gasteiger partial charge in [0, 0.05) is 31.6 Å². The Hall–Kier alpha value is -2.54. The van der Waals surface area contributed by atoms with Crippen LogP contribution in [-0.2, 0) is 25.9 Å². The van der Waals surface area contributed by atoms with Gasteiger partial charge in [-0.25, -0.2) is 4.98 Å². The average molecular weight is 345 g/mol. The van der Waals surface area contributed by atoms with Crippen LogP contribution in [0.3, 0.4) is 0 Å². The third-order valence-corrected chi connectivity index (χ3v) is 4.43. The first-order chi connectivity index (χ1) is 12.0. The van der Waals surface area contributed by atoms with Gasteiger partial charge in [0.1, 0.15) is 5.82 Å². The number of hydrogen-bond donors (Lipinski definition) is 3. The Morgan fingerprint density at radius 2 is 2.16 bits per heavy atom. The fourth-order valence-corrected chi connectivity index (χ4v) is 3.19. The second-order valence-electron chi connectivity index (χ2n) is 6.31. The summed E-state index contributed by atoms with van der Waals surface area (Å²) < 4.78 is 5.08. The van der Waals surface area contributed by atoms with Crippen molar-refractivity contribution in [3.8, 4) is 17.2 Å². The summed E-state index contributed by atoms with van der Waals surface area (Å²) in [5.41, 5.74) is 2.39. The Kier molecular flexibility index (Phi) is 4.94. The molecule has 2 aromatic rings. The zero-order valence-corrected chi connectivity index (χ0v) is 14.5. The Bertz CT molecular complexity index is 832. The van der Waals surface area contributed by atoms with Crippen LogP contribution in [0.15, 0.2) is 16.9 Å². The molecular formula is C18H23N3O4. The van der Waals surface area contributed by atoms with Crippen LogP contribution in [0.1, 0.15) is 36.0 Å². The zero-order chi connectivity index (χ0) is 18.0. The molecule has 0 fully saturated rings. The van der Waals surface area contributed by atoms with Crippen molar-refractivity contribution < 1.29 is 14.9 Å². The first-order valence-electron chi connectivity index (χ1n) is 8.44. The number of H-pyrrole nitrogens is 1. The number of methoxy groups -OCH3 is 1. The average Bonchev–Trinajstić information content (AvgIpc) is 2.58. The number of phenolic OH excluding ortho intramolecular Hbond substituents is 2. The number of rotatable bonds is 5. The highest BCUT2D eigenvalue weighted by Gasteiger charge is 2.22. The largest absolute Gasteiger partial charge is 0.504 e. The van der Waals surface area contributed by atoms with Crippen LogP contribution in [0.25, 0.3) is 0 Å². The summed E-state index contributed by atoms with van der Waals surface area (Å²) in [7, 11) is 1.45. The van der Waals surface area contributed by atoms with Gasteiger partial charge in [0.2, 0.25) is 5.75 Å². The number of aromatic hydroxyl groups is 2. The first-order valence-corrected chi connectivity index (χ1v) is 8.44. The first kappa shape index (κ1) is 17.3. The van der Waals surface area contributed by atoms with E-state index in [0.717, 1.165) is 42.0 Å². The molecule has 0 amide bonds. The van der Waals surface area contributed by atoms with Crippen LogP contribution < -0.4 is 10.3 Å². The lowest BCUT2D eigenvalue weighted by molar-refractivity contribution is 0.239. The number of aromatic nitrogens is 2. The van der Waals surface area contributed by atoms with E-state index in [2.05, 4.69) is 21.8 Å². The van der Waals surface area contributed by atoms with Gasteiger partial charge in [-0.2, -0.15) is 0 Å². The molecule has 0 atom stereocenters. The predicted octanol–water partition coefficient (Wildman–Crippen LogP) is 1.70. The molecule has 1 aromatic heterocycles. The molecule has 0 radical (unpaired) electrons.